The van der Waals surface area contributed by atoms with Crippen LogP contribution in [0.15, 0.2) is 0 Å². The van der Waals surface area contributed by atoms with Crippen molar-refractivity contribution in [3.63, 3.8) is 0 Å². The number of nitrogens with one attached hydrogen (secondary N) is 1. The van der Waals surface area contributed by atoms with Crippen LogP contribution in [0.25, 0.3) is 0 Å². The van der Waals surface area contributed by atoms with Gasteiger partial charge in [-0.2, -0.15) is 0 Å². The lowest BCUT2D eigenvalue weighted by Gasteiger charge is -2.35. The highest BCUT2D eigenvalue weighted by molar-refractivity contribution is 5.82. The molecule has 0 radical (unpaired) electrons. The number of piperazine rings is 1. The van der Waals surface area contributed by atoms with E-state index in [0.717, 1.165) is 32.5 Å². The monoisotopic (exact) mass is 255 g/mol. The van der Waals surface area contributed by atoms with Crippen molar-refractivity contribution < 1.29 is 14.3 Å². The minimum atomic E-state index is -0.216. The third kappa shape index (κ3) is 3.20. The molecule has 0 bridgehead atoms. The molecular weight excluding hydrogens is 234 g/mol. The van der Waals surface area contributed by atoms with Crippen molar-refractivity contribution in [1.29, 1.82) is 0 Å². The normalized spacial score (nSPS) is 25.2. The Hall–Kier alpha value is -1.14. The number of hydrogen-bond donors (Lipinski definition) is 1. The predicted octanol–water partition coefficient (Wildman–Crippen LogP) is -0.944. The van der Waals surface area contributed by atoms with Crippen LogP contribution in [0.4, 0.5) is 0 Å². The third-order valence-corrected chi connectivity index (χ3v) is 3.62. The number of nitrogens with zero attached hydrogens (tertiary/aromatic N) is 2. The summed E-state index contributed by atoms with van der Waals surface area (Å²) in [6.07, 6.45) is 2.03. The SMILES string of the molecule is COC(=O)CN1CCN(C(=O)C2CCCN2)CC1. The number of rotatable bonds is 3. The van der Waals surface area contributed by atoms with Crippen molar-refractivity contribution in [2.24, 2.45) is 0 Å². The fourth-order valence-electron chi connectivity index (χ4n) is 2.49. The minimum Gasteiger partial charge on any atom is -0.468 e. The fourth-order valence-corrected chi connectivity index (χ4v) is 2.49. The van der Waals surface area contributed by atoms with Crippen LogP contribution in [-0.2, 0) is 14.3 Å². The van der Waals surface area contributed by atoms with E-state index in [1.165, 1.54) is 7.11 Å². The highest BCUT2D eigenvalue weighted by atomic mass is 16.5. The van der Waals surface area contributed by atoms with Crippen molar-refractivity contribution >= 4 is 11.9 Å². The molecule has 1 unspecified atom stereocenters. The maximum Gasteiger partial charge on any atom is 0.319 e. The summed E-state index contributed by atoms with van der Waals surface area (Å²) in [5.41, 5.74) is 0. The van der Waals surface area contributed by atoms with E-state index >= 15 is 0 Å². The van der Waals surface area contributed by atoms with Gasteiger partial charge in [-0.25, -0.2) is 0 Å². The molecule has 18 heavy (non-hydrogen) atoms. The zero-order valence-corrected chi connectivity index (χ0v) is 10.9. The number of ether oxygens (including phenoxy) is 1. The molecule has 1 N–H and O–H groups in total. The van der Waals surface area contributed by atoms with Crippen molar-refractivity contribution in [2.45, 2.75) is 18.9 Å². The molecule has 0 aromatic carbocycles. The Morgan fingerprint density at radius 1 is 1.28 bits per heavy atom. The number of carbonyl (C=O) groups is 2. The molecule has 0 aromatic rings. The summed E-state index contributed by atoms with van der Waals surface area (Å²) in [6, 6.07) is 0.0113. The van der Waals surface area contributed by atoms with Gasteiger partial charge in [0.05, 0.1) is 19.7 Å². The topological polar surface area (TPSA) is 61.9 Å². The molecule has 2 aliphatic rings. The second-order valence-corrected chi connectivity index (χ2v) is 4.83. The quantitative estimate of drug-likeness (QED) is 0.659. The Morgan fingerprint density at radius 2 is 2.00 bits per heavy atom. The van der Waals surface area contributed by atoms with E-state index < -0.39 is 0 Å². The molecule has 6 nitrogen and oxygen atoms in total. The van der Waals surface area contributed by atoms with Crippen LogP contribution in [-0.4, -0.2) is 74.1 Å². The van der Waals surface area contributed by atoms with Gasteiger partial charge < -0.3 is 15.0 Å². The Labute approximate surface area is 107 Å². The number of hydrogen-bond acceptors (Lipinski definition) is 5. The Kier molecular flexibility index (Phi) is 4.54. The van der Waals surface area contributed by atoms with Crippen LogP contribution in [0.5, 0.6) is 0 Å². The van der Waals surface area contributed by atoms with Crippen LogP contribution in [0.1, 0.15) is 12.8 Å². The van der Waals surface area contributed by atoms with E-state index in [1.54, 1.807) is 0 Å². The van der Waals surface area contributed by atoms with E-state index in [-0.39, 0.29) is 17.9 Å². The molecule has 0 aliphatic carbocycles. The Bertz CT molecular complexity index is 308. The summed E-state index contributed by atoms with van der Waals surface area (Å²) in [4.78, 5) is 27.2. The van der Waals surface area contributed by atoms with Crippen LogP contribution in [0.3, 0.4) is 0 Å². The molecule has 1 amide bonds. The van der Waals surface area contributed by atoms with Crippen molar-refractivity contribution in [3.05, 3.63) is 0 Å². The van der Waals surface area contributed by atoms with Crippen LogP contribution in [0, 0.1) is 0 Å². The highest BCUT2D eigenvalue weighted by Crippen LogP contribution is 2.10. The number of amides is 1. The van der Waals surface area contributed by atoms with Gasteiger partial charge in [0.1, 0.15) is 0 Å². The van der Waals surface area contributed by atoms with Gasteiger partial charge in [0, 0.05) is 26.2 Å². The van der Waals surface area contributed by atoms with E-state index in [1.807, 2.05) is 9.80 Å². The number of esters is 1. The third-order valence-electron chi connectivity index (χ3n) is 3.62. The number of carbonyl (C=O) groups excluding carboxylic acids is 2. The van der Waals surface area contributed by atoms with E-state index in [9.17, 15) is 9.59 Å². The molecule has 0 spiro atoms. The molecule has 6 heteroatoms. The van der Waals surface area contributed by atoms with E-state index in [2.05, 4.69) is 10.1 Å². The van der Waals surface area contributed by atoms with Gasteiger partial charge in [0.15, 0.2) is 0 Å². The minimum absolute atomic E-state index is 0.0113. The van der Waals surface area contributed by atoms with Crippen molar-refractivity contribution in [1.82, 2.24) is 15.1 Å². The molecule has 102 valence electrons. The first kappa shape index (κ1) is 13.3. The van der Waals surface area contributed by atoms with Crippen molar-refractivity contribution in [2.75, 3.05) is 46.4 Å². The maximum atomic E-state index is 12.1. The largest absolute Gasteiger partial charge is 0.468 e. The van der Waals surface area contributed by atoms with Gasteiger partial charge in [0.2, 0.25) is 5.91 Å². The molecule has 0 aromatic heterocycles. The van der Waals surface area contributed by atoms with E-state index in [4.69, 9.17) is 0 Å². The molecular formula is C12H21N3O3. The van der Waals surface area contributed by atoms with Crippen LogP contribution in [0.2, 0.25) is 0 Å². The summed E-state index contributed by atoms with van der Waals surface area (Å²) >= 11 is 0. The lowest BCUT2D eigenvalue weighted by Crippen LogP contribution is -2.53. The summed E-state index contributed by atoms with van der Waals surface area (Å²) in [5.74, 6) is -0.00236. The molecule has 2 heterocycles. The average Bonchev–Trinajstić information content (AvgIpc) is 2.92. The first-order chi connectivity index (χ1) is 8.70. The first-order valence-electron chi connectivity index (χ1n) is 6.52. The zero-order chi connectivity index (χ0) is 13.0. The second-order valence-electron chi connectivity index (χ2n) is 4.83. The molecule has 0 saturated carbocycles. The predicted molar refractivity (Wildman–Crippen MR) is 66.1 cm³/mol. The van der Waals surface area contributed by atoms with Gasteiger partial charge in [-0.05, 0) is 19.4 Å². The zero-order valence-electron chi connectivity index (χ0n) is 10.9. The van der Waals surface area contributed by atoms with Gasteiger partial charge in [-0.1, -0.05) is 0 Å². The number of methoxy groups -OCH3 is 1. The van der Waals surface area contributed by atoms with Crippen molar-refractivity contribution in [3.8, 4) is 0 Å². The smallest absolute Gasteiger partial charge is 0.319 e. The molecule has 2 aliphatic heterocycles. The standard InChI is InChI=1S/C12H21N3O3/c1-18-11(16)9-14-5-7-15(8-6-14)12(17)10-3-2-4-13-10/h10,13H,2-9H2,1H3. The summed E-state index contributed by atoms with van der Waals surface area (Å²) in [6.45, 7) is 4.15. The Morgan fingerprint density at radius 3 is 2.56 bits per heavy atom. The van der Waals surface area contributed by atoms with Crippen LogP contribution < -0.4 is 5.32 Å². The van der Waals surface area contributed by atoms with Gasteiger partial charge in [0.25, 0.3) is 0 Å². The molecule has 2 rings (SSSR count). The van der Waals surface area contributed by atoms with Gasteiger partial charge in [-0.15, -0.1) is 0 Å². The summed E-state index contributed by atoms with van der Waals surface area (Å²) < 4.78 is 4.64. The Balaban J connectivity index is 1.75. The second kappa shape index (κ2) is 6.15. The van der Waals surface area contributed by atoms with Gasteiger partial charge in [-0.3, -0.25) is 14.5 Å². The van der Waals surface area contributed by atoms with Crippen LogP contribution >= 0.6 is 0 Å². The highest BCUT2D eigenvalue weighted by Gasteiger charge is 2.29. The van der Waals surface area contributed by atoms with Gasteiger partial charge >= 0.3 is 5.97 Å². The lowest BCUT2D eigenvalue weighted by molar-refractivity contribution is -0.143. The summed E-state index contributed by atoms with van der Waals surface area (Å²) in [7, 11) is 1.40. The fraction of sp³-hybridized carbons (Fsp3) is 0.833. The molecule has 2 fully saturated rings. The maximum absolute atomic E-state index is 12.1. The average molecular weight is 255 g/mol. The molecule has 1 atom stereocenters. The van der Waals surface area contributed by atoms with E-state index in [0.29, 0.717) is 19.6 Å². The summed E-state index contributed by atoms with van der Waals surface area (Å²) in [5, 5.41) is 3.23. The molecule has 2 saturated heterocycles. The first-order valence-corrected chi connectivity index (χ1v) is 6.52. The lowest BCUT2D eigenvalue weighted by atomic mass is 10.2.